The van der Waals surface area contributed by atoms with Crippen molar-refractivity contribution < 1.29 is 4.39 Å². The van der Waals surface area contributed by atoms with Gasteiger partial charge < -0.3 is 5.32 Å². The predicted octanol–water partition coefficient (Wildman–Crippen LogP) is 2.47. The minimum Gasteiger partial charge on any atom is -0.309 e. The van der Waals surface area contributed by atoms with E-state index in [1.54, 1.807) is 6.07 Å². The molecule has 0 aromatic heterocycles. The summed E-state index contributed by atoms with van der Waals surface area (Å²) in [5.74, 6) is -0.358. The molecule has 2 rings (SSSR count). The monoisotopic (exact) mass is 197 g/mol. The minimum absolute atomic E-state index is 0.175. The fourth-order valence-electron chi connectivity index (χ4n) is 1.21. The van der Waals surface area contributed by atoms with Crippen molar-refractivity contribution in [3.05, 3.63) is 40.2 Å². The minimum atomic E-state index is -0.358. The molecule has 68 valence electrons. The average molecular weight is 198 g/mol. The third-order valence-corrected chi connectivity index (χ3v) is 2.33. The lowest BCUT2D eigenvalue weighted by Gasteiger charge is -2.18. The molecule has 1 aromatic carbocycles. The van der Waals surface area contributed by atoms with Crippen LogP contribution in [0.5, 0.6) is 0 Å². The van der Waals surface area contributed by atoms with Crippen molar-refractivity contribution in [1.29, 1.82) is 0 Å². The highest BCUT2D eigenvalue weighted by Crippen LogP contribution is 2.18. The lowest BCUT2D eigenvalue weighted by molar-refractivity contribution is 0.627. The van der Waals surface area contributed by atoms with Crippen LogP contribution in [0.4, 0.5) is 4.39 Å². The zero-order valence-electron chi connectivity index (χ0n) is 6.98. The van der Waals surface area contributed by atoms with Gasteiger partial charge in [0.15, 0.2) is 0 Å². The lowest BCUT2D eigenvalue weighted by Crippen LogP contribution is -2.33. The van der Waals surface area contributed by atoms with Gasteiger partial charge in [-0.25, -0.2) is 4.39 Å². The van der Waals surface area contributed by atoms with Crippen LogP contribution in [0, 0.1) is 5.82 Å². The van der Waals surface area contributed by atoms with Gasteiger partial charge in [0, 0.05) is 13.1 Å². The van der Waals surface area contributed by atoms with Crippen LogP contribution in [-0.2, 0) is 0 Å². The van der Waals surface area contributed by atoms with E-state index in [-0.39, 0.29) is 10.8 Å². The molecule has 3 heteroatoms. The van der Waals surface area contributed by atoms with Crippen LogP contribution < -0.4 is 5.32 Å². The molecule has 1 heterocycles. The Morgan fingerprint density at radius 2 is 2.15 bits per heavy atom. The molecule has 0 unspecified atom stereocenters. The van der Waals surface area contributed by atoms with Gasteiger partial charge in [-0.2, -0.15) is 0 Å². The van der Waals surface area contributed by atoms with Gasteiger partial charge in [-0.3, -0.25) is 0 Å². The maximum absolute atomic E-state index is 13.0. The summed E-state index contributed by atoms with van der Waals surface area (Å²) in [4.78, 5) is 0. The lowest BCUT2D eigenvalue weighted by atomic mass is 10.1. The van der Waals surface area contributed by atoms with Crippen molar-refractivity contribution in [1.82, 2.24) is 5.32 Å². The molecule has 0 saturated carbocycles. The van der Waals surface area contributed by atoms with Gasteiger partial charge in [0.05, 0.1) is 5.02 Å². The third kappa shape index (κ3) is 1.90. The number of rotatable bonds is 1. The van der Waals surface area contributed by atoms with Crippen molar-refractivity contribution in [2.75, 3.05) is 13.1 Å². The highest BCUT2D eigenvalue weighted by molar-refractivity contribution is 6.30. The molecule has 0 atom stereocenters. The maximum atomic E-state index is 13.0. The summed E-state index contributed by atoms with van der Waals surface area (Å²) in [6.45, 7) is 1.81. The van der Waals surface area contributed by atoms with Crippen molar-refractivity contribution in [3.63, 3.8) is 0 Å². The summed E-state index contributed by atoms with van der Waals surface area (Å²) in [5.41, 5.74) is 2.17. The molecule has 1 aromatic rings. The Morgan fingerprint density at radius 3 is 2.69 bits per heavy atom. The summed E-state index contributed by atoms with van der Waals surface area (Å²) in [6, 6.07) is 4.85. The van der Waals surface area contributed by atoms with E-state index < -0.39 is 0 Å². The van der Waals surface area contributed by atoms with Crippen molar-refractivity contribution in [2.45, 2.75) is 0 Å². The molecule has 1 aliphatic rings. The molecule has 0 spiro atoms. The van der Waals surface area contributed by atoms with Crippen LogP contribution in [0.3, 0.4) is 0 Å². The highest BCUT2D eigenvalue weighted by Gasteiger charge is 2.07. The number of hydrogen-bond donors (Lipinski definition) is 1. The van der Waals surface area contributed by atoms with E-state index in [0.717, 1.165) is 18.7 Å². The second kappa shape index (κ2) is 3.48. The summed E-state index contributed by atoms with van der Waals surface area (Å²) in [5, 5.41) is 3.29. The fraction of sp³-hybridized carbons (Fsp3) is 0.200. The van der Waals surface area contributed by atoms with E-state index in [0.29, 0.717) is 0 Å². The number of benzene rings is 1. The molecule has 0 radical (unpaired) electrons. The van der Waals surface area contributed by atoms with E-state index >= 15 is 0 Å². The van der Waals surface area contributed by atoms with Crippen LogP contribution in [-0.4, -0.2) is 13.1 Å². The topological polar surface area (TPSA) is 12.0 Å². The molecule has 1 nitrogen and oxygen atoms in total. The molecular weight excluding hydrogens is 189 g/mol. The summed E-state index contributed by atoms with van der Waals surface area (Å²) < 4.78 is 13.0. The predicted molar refractivity (Wildman–Crippen MR) is 52.3 cm³/mol. The molecule has 1 aliphatic heterocycles. The third-order valence-electron chi connectivity index (χ3n) is 2.02. The van der Waals surface area contributed by atoms with Gasteiger partial charge >= 0.3 is 0 Å². The molecule has 13 heavy (non-hydrogen) atoms. The quantitative estimate of drug-likeness (QED) is 0.730. The van der Waals surface area contributed by atoms with Crippen LogP contribution in [0.15, 0.2) is 23.8 Å². The Balaban J connectivity index is 2.26. The average Bonchev–Trinajstić information content (AvgIpc) is 2.04. The first kappa shape index (κ1) is 8.73. The van der Waals surface area contributed by atoms with E-state index in [1.807, 2.05) is 12.1 Å². The zero-order chi connectivity index (χ0) is 9.26. The van der Waals surface area contributed by atoms with Crippen LogP contribution in [0.1, 0.15) is 5.56 Å². The van der Waals surface area contributed by atoms with Crippen molar-refractivity contribution in [3.8, 4) is 0 Å². The number of halogens is 2. The second-order valence-corrected chi connectivity index (χ2v) is 3.49. The Morgan fingerprint density at radius 1 is 1.38 bits per heavy atom. The second-order valence-electron chi connectivity index (χ2n) is 3.08. The van der Waals surface area contributed by atoms with Crippen molar-refractivity contribution in [2.24, 2.45) is 0 Å². The maximum Gasteiger partial charge on any atom is 0.142 e. The van der Waals surface area contributed by atoms with Crippen LogP contribution in [0.25, 0.3) is 6.08 Å². The largest absolute Gasteiger partial charge is 0.309 e. The first-order valence-electron chi connectivity index (χ1n) is 4.11. The summed E-state index contributed by atoms with van der Waals surface area (Å²) in [7, 11) is 0. The first-order valence-corrected chi connectivity index (χ1v) is 4.49. The molecule has 0 aliphatic carbocycles. The standard InChI is InChI=1S/C10H9ClFN/c11-9-2-1-7(4-10(9)12)3-8-5-13-6-8/h1-4,13H,5-6H2. The normalized spacial score (nSPS) is 15.4. The fourth-order valence-corrected chi connectivity index (χ4v) is 1.33. The Labute approximate surface area is 81.2 Å². The summed E-state index contributed by atoms with van der Waals surface area (Å²) >= 11 is 5.56. The van der Waals surface area contributed by atoms with E-state index in [4.69, 9.17) is 11.6 Å². The first-order chi connectivity index (χ1) is 6.25. The number of hydrogen-bond acceptors (Lipinski definition) is 1. The van der Waals surface area contributed by atoms with Gasteiger partial charge in [-0.15, -0.1) is 0 Å². The molecule has 1 saturated heterocycles. The van der Waals surface area contributed by atoms with Crippen LogP contribution >= 0.6 is 11.6 Å². The number of nitrogens with one attached hydrogen (secondary N) is 1. The van der Waals surface area contributed by atoms with Gasteiger partial charge in [-0.05, 0) is 23.3 Å². The van der Waals surface area contributed by atoms with E-state index in [2.05, 4.69) is 5.32 Å². The SMILES string of the molecule is Fc1cc(C=C2CNC2)ccc1Cl. The zero-order valence-corrected chi connectivity index (χ0v) is 7.74. The Bertz CT molecular complexity index is 354. The molecule has 1 N–H and O–H groups in total. The highest BCUT2D eigenvalue weighted by atomic mass is 35.5. The van der Waals surface area contributed by atoms with E-state index in [9.17, 15) is 4.39 Å². The molecule has 0 bridgehead atoms. The van der Waals surface area contributed by atoms with Gasteiger partial charge in [0.2, 0.25) is 0 Å². The Kier molecular flexibility index (Phi) is 2.34. The Hall–Kier alpha value is -0.860. The van der Waals surface area contributed by atoms with Crippen LogP contribution in [0.2, 0.25) is 5.02 Å². The molecule has 1 fully saturated rings. The summed E-state index contributed by atoms with van der Waals surface area (Å²) in [6.07, 6.45) is 1.98. The van der Waals surface area contributed by atoms with Gasteiger partial charge in [0.25, 0.3) is 0 Å². The molecule has 0 amide bonds. The van der Waals surface area contributed by atoms with Gasteiger partial charge in [0.1, 0.15) is 5.82 Å². The smallest absolute Gasteiger partial charge is 0.142 e. The van der Waals surface area contributed by atoms with Gasteiger partial charge in [-0.1, -0.05) is 23.7 Å². The van der Waals surface area contributed by atoms with E-state index in [1.165, 1.54) is 11.6 Å². The molecular formula is C10H9ClFN. The van der Waals surface area contributed by atoms with Crippen molar-refractivity contribution >= 4 is 17.7 Å².